The summed E-state index contributed by atoms with van der Waals surface area (Å²) in [6.45, 7) is 2.67. The second-order valence-corrected chi connectivity index (χ2v) is 8.10. The highest BCUT2D eigenvalue weighted by Gasteiger charge is 2.19. The summed E-state index contributed by atoms with van der Waals surface area (Å²) in [5, 5.41) is 16.7. The fraction of sp³-hybridized carbons (Fsp3) is 0.240. The molecular weight excluding hydrogens is 505 g/mol. The van der Waals surface area contributed by atoms with E-state index in [0.29, 0.717) is 34.8 Å². The van der Waals surface area contributed by atoms with E-state index < -0.39 is 23.5 Å². The number of fused-ring (bicyclic) bond motifs is 1. The number of benzene rings is 2. The number of aromatic nitrogens is 3. The highest BCUT2D eigenvalue weighted by Crippen LogP contribution is 2.32. The van der Waals surface area contributed by atoms with Crippen molar-refractivity contribution in [3.8, 4) is 17.0 Å². The average molecular weight is 531 g/mol. The molecule has 0 aliphatic carbocycles. The predicted molar refractivity (Wildman–Crippen MR) is 135 cm³/mol. The predicted octanol–water partition coefficient (Wildman–Crippen LogP) is 4.57. The number of amides is 1. The minimum atomic E-state index is -1.13. The van der Waals surface area contributed by atoms with Crippen molar-refractivity contribution < 1.29 is 32.5 Å². The summed E-state index contributed by atoms with van der Waals surface area (Å²) in [5.74, 6) is -2.60. The molecule has 0 radical (unpaired) electrons. The molecule has 2 aromatic carbocycles. The second-order valence-electron chi connectivity index (χ2n) is 8.10. The second kappa shape index (κ2) is 11.7. The number of hydrogen-bond donors (Lipinski definition) is 4. The minimum absolute atomic E-state index is 0.00704. The van der Waals surface area contributed by atoms with Gasteiger partial charge in [0.05, 0.1) is 37.9 Å². The summed E-state index contributed by atoms with van der Waals surface area (Å²) in [6.07, 6.45) is 3.29. The first-order valence-electron chi connectivity index (χ1n) is 11.5. The van der Waals surface area contributed by atoms with Gasteiger partial charge in [0, 0.05) is 36.7 Å². The van der Waals surface area contributed by atoms with Gasteiger partial charge in [-0.15, -0.1) is 0 Å². The summed E-state index contributed by atoms with van der Waals surface area (Å²) < 4.78 is 55.5. The van der Waals surface area contributed by atoms with Gasteiger partial charge in [0.15, 0.2) is 23.0 Å². The van der Waals surface area contributed by atoms with Gasteiger partial charge in [-0.05, 0) is 36.8 Å². The van der Waals surface area contributed by atoms with E-state index in [1.807, 2.05) is 0 Å². The Kier molecular flexibility index (Phi) is 8.16. The lowest BCUT2D eigenvalue weighted by atomic mass is 10.1. The first-order chi connectivity index (χ1) is 18.3. The maximum Gasteiger partial charge on any atom is 0.404 e. The number of ether oxygens (including phenoxy) is 2. The largest absolute Gasteiger partial charge is 0.494 e. The SMILES string of the molecule is COc1ccc(-c2cnc3c(Nc4cc(C)c(NCCOCCNC(=O)O)c(F)c4)nccn23)c(F)c1F. The highest BCUT2D eigenvalue weighted by atomic mass is 19.2. The van der Waals surface area contributed by atoms with E-state index in [4.69, 9.17) is 14.6 Å². The van der Waals surface area contributed by atoms with Gasteiger partial charge in [-0.3, -0.25) is 4.40 Å². The Hall–Kier alpha value is -4.52. The van der Waals surface area contributed by atoms with Crippen LogP contribution in [0.2, 0.25) is 0 Å². The van der Waals surface area contributed by atoms with Gasteiger partial charge >= 0.3 is 6.09 Å². The van der Waals surface area contributed by atoms with Crippen molar-refractivity contribution in [1.29, 1.82) is 0 Å². The fourth-order valence-electron chi connectivity index (χ4n) is 3.85. The van der Waals surface area contributed by atoms with E-state index >= 15 is 0 Å². The number of nitrogens with one attached hydrogen (secondary N) is 3. The Morgan fingerprint density at radius 1 is 1.11 bits per heavy atom. The molecule has 0 saturated carbocycles. The maximum atomic E-state index is 14.9. The molecule has 10 nitrogen and oxygen atoms in total. The van der Waals surface area contributed by atoms with Crippen LogP contribution in [0.1, 0.15) is 5.56 Å². The summed E-state index contributed by atoms with van der Waals surface area (Å²) in [5.41, 5.74) is 1.95. The molecule has 4 aromatic rings. The third-order valence-corrected chi connectivity index (χ3v) is 5.59. The highest BCUT2D eigenvalue weighted by molar-refractivity contribution is 5.75. The Morgan fingerprint density at radius 2 is 1.89 bits per heavy atom. The van der Waals surface area contributed by atoms with Crippen molar-refractivity contribution in [2.24, 2.45) is 0 Å². The van der Waals surface area contributed by atoms with E-state index in [9.17, 15) is 18.0 Å². The molecule has 200 valence electrons. The van der Waals surface area contributed by atoms with Crippen molar-refractivity contribution >= 4 is 28.9 Å². The van der Waals surface area contributed by atoms with Crippen molar-refractivity contribution in [1.82, 2.24) is 19.7 Å². The average Bonchev–Trinajstić information content (AvgIpc) is 3.31. The Bertz CT molecular complexity index is 1440. The zero-order chi connectivity index (χ0) is 27.2. The Balaban J connectivity index is 1.48. The molecule has 0 atom stereocenters. The molecule has 38 heavy (non-hydrogen) atoms. The third-order valence-electron chi connectivity index (χ3n) is 5.59. The van der Waals surface area contributed by atoms with Crippen LogP contribution in [0, 0.1) is 24.4 Å². The van der Waals surface area contributed by atoms with Gasteiger partial charge in [0.25, 0.3) is 0 Å². The summed E-state index contributed by atoms with van der Waals surface area (Å²) in [6, 6.07) is 5.74. The van der Waals surface area contributed by atoms with Gasteiger partial charge in [-0.25, -0.2) is 23.5 Å². The molecule has 0 unspecified atom stereocenters. The molecule has 0 bridgehead atoms. The molecule has 0 fully saturated rings. The lowest BCUT2D eigenvalue weighted by molar-refractivity contribution is 0.141. The number of halogens is 3. The van der Waals surface area contributed by atoms with Crippen LogP contribution in [0.4, 0.5) is 35.2 Å². The van der Waals surface area contributed by atoms with E-state index in [1.165, 1.54) is 37.7 Å². The number of aryl methyl sites for hydroxylation is 1. The van der Waals surface area contributed by atoms with Crippen molar-refractivity contribution in [3.05, 3.63) is 65.9 Å². The number of carboxylic acid groups (broad SMARTS) is 1. The molecular formula is C25H25F3N6O4. The smallest absolute Gasteiger partial charge is 0.404 e. The van der Waals surface area contributed by atoms with Gasteiger partial charge in [0.2, 0.25) is 5.82 Å². The molecule has 4 rings (SSSR count). The van der Waals surface area contributed by atoms with Crippen LogP contribution in [0.5, 0.6) is 5.75 Å². The monoisotopic (exact) mass is 530 g/mol. The molecule has 2 heterocycles. The lowest BCUT2D eigenvalue weighted by Gasteiger charge is -2.14. The van der Waals surface area contributed by atoms with Crippen molar-refractivity contribution in [2.75, 3.05) is 44.0 Å². The van der Waals surface area contributed by atoms with Crippen molar-refractivity contribution in [2.45, 2.75) is 6.92 Å². The quantitative estimate of drug-likeness (QED) is 0.208. The maximum absolute atomic E-state index is 14.9. The Labute approximate surface area is 215 Å². The standard InChI is InChI=1S/C25H25F3N6O4/c1-14-11-15(12-17(26)22(14)29-6-9-38-10-7-31-25(35)36)33-23-24-32-13-18(34(24)8-5-30-23)16-3-4-19(37-2)21(28)20(16)27/h3-5,8,11-13,29,31H,6-7,9-10H2,1-2H3,(H,30,33)(H,35,36). The molecule has 0 aliphatic rings. The zero-order valence-corrected chi connectivity index (χ0v) is 20.5. The van der Waals surface area contributed by atoms with Gasteiger partial charge < -0.3 is 30.5 Å². The molecule has 0 aliphatic heterocycles. The van der Waals surface area contributed by atoms with E-state index in [0.717, 1.165) is 0 Å². The van der Waals surface area contributed by atoms with E-state index in [2.05, 4.69) is 25.9 Å². The summed E-state index contributed by atoms with van der Waals surface area (Å²) in [7, 11) is 1.25. The molecule has 13 heteroatoms. The minimum Gasteiger partial charge on any atom is -0.494 e. The van der Waals surface area contributed by atoms with Crippen LogP contribution in [-0.2, 0) is 4.74 Å². The summed E-state index contributed by atoms with van der Waals surface area (Å²) >= 11 is 0. The van der Waals surface area contributed by atoms with Crippen LogP contribution < -0.4 is 20.7 Å². The fourth-order valence-corrected chi connectivity index (χ4v) is 3.85. The van der Waals surface area contributed by atoms with Gasteiger partial charge in [-0.2, -0.15) is 4.39 Å². The number of nitrogens with zero attached hydrogens (tertiary/aromatic N) is 3. The van der Waals surface area contributed by atoms with Crippen LogP contribution in [0.25, 0.3) is 16.9 Å². The van der Waals surface area contributed by atoms with Gasteiger partial charge in [-0.1, -0.05) is 0 Å². The first kappa shape index (κ1) is 26.5. The number of carbonyl (C=O) groups is 1. The molecule has 0 spiro atoms. The van der Waals surface area contributed by atoms with Crippen LogP contribution >= 0.6 is 0 Å². The summed E-state index contributed by atoms with van der Waals surface area (Å²) in [4.78, 5) is 19.0. The first-order valence-corrected chi connectivity index (χ1v) is 11.5. The number of methoxy groups -OCH3 is 1. The van der Waals surface area contributed by atoms with Crippen LogP contribution in [-0.4, -0.2) is 59.0 Å². The van der Waals surface area contributed by atoms with E-state index in [-0.39, 0.29) is 36.9 Å². The number of rotatable bonds is 11. The number of imidazole rings is 1. The number of anilines is 3. The van der Waals surface area contributed by atoms with Crippen LogP contribution in [0.15, 0.2) is 42.9 Å². The third kappa shape index (κ3) is 5.72. The molecule has 0 saturated heterocycles. The molecule has 1 amide bonds. The normalized spacial score (nSPS) is 11.0. The number of hydrogen-bond acceptors (Lipinski definition) is 7. The zero-order valence-electron chi connectivity index (χ0n) is 20.5. The van der Waals surface area contributed by atoms with Crippen LogP contribution in [0.3, 0.4) is 0 Å². The Morgan fingerprint density at radius 3 is 2.63 bits per heavy atom. The molecule has 4 N–H and O–H groups in total. The topological polar surface area (TPSA) is 122 Å². The lowest BCUT2D eigenvalue weighted by Crippen LogP contribution is -2.26. The van der Waals surface area contributed by atoms with Crippen molar-refractivity contribution in [3.63, 3.8) is 0 Å². The van der Waals surface area contributed by atoms with E-state index in [1.54, 1.807) is 23.6 Å². The van der Waals surface area contributed by atoms with Gasteiger partial charge in [0.1, 0.15) is 5.82 Å². The molecule has 2 aromatic heterocycles.